The Labute approximate surface area is 163 Å². The Morgan fingerprint density at radius 2 is 1.83 bits per heavy atom. The first kappa shape index (κ1) is 22.4. The number of pyridine rings is 1. The Morgan fingerprint density at radius 3 is 2.38 bits per heavy atom. The topological polar surface area (TPSA) is 80.6 Å². The number of ether oxygens (including phenoxy) is 1. The number of nitrogens with one attached hydrogen (secondary N) is 1. The smallest absolute Gasteiger partial charge is 0.422 e. The van der Waals surface area contributed by atoms with Crippen LogP contribution in [0, 0.1) is 11.2 Å². The third kappa shape index (κ3) is 6.05. The molecule has 1 amide bonds. The van der Waals surface area contributed by atoms with Gasteiger partial charge in [-0.05, 0) is 24.1 Å². The summed E-state index contributed by atoms with van der Waals surface area (Å²) in [7, 11) is 0. The highest BCUT2D eigenvalue weighted by Crippen LogP contribution is 2.26. The Morgan fingerprint density at radius 1 is 1.21 bits per heavy atom. The van der Waals surface area contributed by atoms with Gasteiger partial charge in [0, 0.05) is 29.8 Å². The van der Waals surface area contributed by atoms with Crippen molar-refractivity contribution >= 4 is 5.91 Å². The van der Waals surface area contributed by atoms with E-state index in [1.54, 1.807) is 19.3 Å². The molecule has 0 bridgehead atoms. The van der Waals surface area contributed by atoms with Gasteiger partial charge in [-0.25, -0.2) is 9.87 Å². The highest BCUT2D eigenvalue weighted by molar-refractivity contribution is 5.80. The Bertz CT molecular complexity index is 921. The molecule has 0 aliphatic carbocycles. The Hall–Kier alpha value is -2.88. The molecule has 29 heavy (non-hydrogen) atoms. The van der Waals surface area contributed by atoms with Crippen molar-refractivity contribution in [2.24, 2.45) is 5.41 Å². The monoisotopic (exact) mass is 416 g/mol. The van der Waals surface area contributed by atoms with E-state index in [2.05, 4.69) is 4.74 Å². The minimum atomic E-state index is -4.47. The Balaban J connectivity index is 2.17. The first-order valence-electron chi connectivity index (χ1n) is 8.57. The van der Waals surface area contributed by atoms with E-state index in [1.807, 2.05) is 0 Å². The van der Waals surface area contributed by atoms with E-state index in [9.17, 15) is 27.2 Å². The van der Waals surface area contributed by atoms with Crippen LogP contribution in [0.1, 0.15) is 20.3 Å². The van der Waals surface area contributed by atoms with Crippen molar-refractivity contribution in [2.75, 3.05) is 6.61 Å². The van der Waals surface area contributed by atoms with Crippen LogP contribution in [-0.2, 0) is 11.3 Å². The summed E-state index contributed by atoms with van der Waals surface area (Å²) in [5.41, 5.74) is 0.340. The maximum Gasteiger partial charge on any atom is 0.422 e. The molecule has 0 unspecified atom stereocenters. The number of nitrogens with zero attached hydrogens (tertiary/aromatic N) is 1. The first-order chi connectivity index (χ1) is 13.4. The fourth-order valence-electron chi connectivity index (χ4n) is 2.50. The van der Waals surface area contributed by atoms with Crippen LogP contribution in [0.25, 0.3) is 11.1 Å². The summed E-state index contributed by atoms with van der Waals surface area (Å²) in [4.78, 5) is 23.9. The number of benzene rings is 1. The molecule has 1 aromatic heterocycles. The quantitative estimate of drug-likeness (QED) is 0.411. The summed E-state index contributed by atoms with van der Waals surface area (Å²) in [6, 6.07) is 6.27. The zero-order valence-electron chi connectivity index (χ0n) is 15.7. The van der Waals surface area contributed by atoms with Crippen molar-refractivity contribution in [2.45, 2.75) is 33.0 Å². The second-order valence-electron chi connectivity index (χ2n) is 7.07. The lowest BCUT2D eigenvalue weighted by atomic mass is 9.88. The minimum Gasteiger partial charge on any atom is -0.484 e. The van der Waals surface area contributed by atoms with E-state index in [0.29, 0.717) is 5.56 Å². The number of halogens is 4. The highest BCUT2D eigenvalue weighted by Gasteiger charge is 2.28. The van der Waals surface area contributed by atoms with Gasteiger partial charge in [0.15, 0.2) is 6.61 Å². The van der Waals surface area contributed by atoms with Gasteiger partial charge in [0.2, 0.25) is 5.91 Å². The van der Waals surface area contributed by atoms with Crippen LogP contribution in [0.3, 0.4) is 0 Å². The van der Waals surface area contributed by atoms with Gasteiger partial charge in [-0.2, -0.15) is 13.2 Å². The van der Waals surface area contributed by atoms with Crippen LogP contribution < -0.4 is 15.8 Å². The van der Waals surface area contributed by atoms with Crippen molar-refractivity contribution in [3.8, 4) is 16.9 Å². The molecular formula is C19H20F4N2O4. The highest BCUT2D eigenvalue weighted by atomic mass is 19.4. The summed E-state index contributed by atoms with van der Waals surface area (Å²) in [6.07, 6.45) is -3.30. The lowest BCUT2D eigenvalue weighted by Gasteiger charge is -2.22. The van der Waals surface area contributed by atoms with Gasteiger partial charge in [-0.15, -0.1) is 0 Å². The van der Waals surface area contributed by atoms with E-state index >= 15 is 0 Å². The van der Waals surface area contributed by atoms with Crippen molar-refractivity contribution in [1.29, 1.82) is 0 Å². The summed E-state index contributed by atoms with van der Waals surface area (Å²) >= 11 is 0. The number of carbonyl (C=O) groups is 1. The predicted molar refractivity (Wildman–Crippen MR) is 96.0 cm³/mol. The number of alkyl halides is 3. The average Bonchev–Trinajstić information content (AvgIpc) is 2.66. The van der Waals surface area contributed by atoms with Gasteiger partial charge in [0.25, 0.3) is 5.56 Å². The largest absolute Gasteiger partial charge is 0.484 e. The molecule has 0 saturated carbocycles. The molecule has 2 N–H and O–H groups in total. The zero-order chi connectivity index (χ0) is 21.8. The molecule has 0 radical (unpaired) electrons. The molecule has 2 aromatic rings. The standard InChI is InChI=1S/C19H20F4N2O4/c1-18(2,17(27)24-28)7-8-25-10-15(20)14(9-16(25)26)12-3-5-13(6-4-12)29-11-19(21,22)23/h3-6,9-10,28H,7-8,11H2,1-2H3,(H,24,27). The Kier molecular flexibility index (Phi) is 6.68. The van der Waals surface area contributed by atoms with Crippen molar-refractivity contribution in [3.63, 3.8) is 0 Å². The maximum atomic E-state index is 14.5. The molecule has 1 heterocycles. The number of aryl methyl sites for hydroxylation is 1. The number of rotatable bonds is 7. The summed E-state index contributed by atoms with van der Waals surface area (Å²) < 4.78 is 56.7. The molecule has 6 nitrogen and oxygen atoms in total. The normalized spacial score (nSPS) is 12.0. The number of hydrogen-bond donors (Lipinski definition) is 2. The van der Waals surface area contributed by atoms with Crippen LogP contribution in [-0.4, -0.2) is 28.5 Å². The van der Waals surface area contributed by atoms with Gasteiger partial charge in [0.05, 0.1) is 0 Å². The molecule has 0 aliphatic heterocycles. The van der Waals surface area contributed by atoms with E-state index in [0.717, 1.165) is 16.8 Å². The average molecular weight is 416 g/mol. The van der Waals surface area contributed by atoms with E-state index in [4.69, 9.17) is 5.21 Å². The maximum absolute atomic E-state index is 14.5. The van der Waals surface area contributed by atoms with Crippen LogP contribution >= 0.6 is 0 Å². The molecule has 158 valence electrons. The minimum absolute atomic E-state index is 0.0130. The summed E-state index contributed by atoms with van der Waals surface area (Å²) in [6.45, 7) is 1.73. The summed E-state index contributed by atoms with van der Waals surface area (Å²) in [5, 5.41) is 8.73. The fraction of sp³-hybridized carbons (Fsp3) is 0.368. The molecule has 10 heteroatoms. The zero-order valence-corrected chi connectivity index (χ0v) is 15.7. The van der Waals surface area contributed by atoms with Gasteiger partial charge in [0.1, 0.15) is 11.6 Å². The third-order valence-corrected chi connectivity index (χ3v) is 4.34. The number of amides is 1. The van der Waals surface area contributed by atoms with Crippen LogP contribution in [0.15, 0.2) is 41.3 Å². The van der Waals surface area contributed by atoms with E-state index in [-0.39, 0.29) is 24.3 Å². The van der Waals surface area contributed by atoms with Gasteiger partial charge in [-0.3, -0.25) is 14.8 Å². The number of hydroxylamine groups is 1. The molecule has 0 aliphatic rings. The van der Waals surface area contributed by atoms with E-state index < -0.39 is 35.5 Å². The number of carbonyl (C=O) groups excluding carboxylic acids is 1. The molecule has 0 atom stereocenters. The van der Waals surface area contributed by atoms with Crippen molar-refractivity contribution in [3.05, 3.63) is 52.7 Å². The molecule has 0 fully saturated rings. The third-order valence-electron chi connectivity index (χ3n) is 4.34. The SMILES string of the molecule is CC(C)(CCn1cc(F)c(-c2ccc(OCC(F)(F)F)cc2)cc1=O)C(=O)NO. The lowest BCUT2D eigenvalue weighted by Crippen LogP contribution is -2.36. The molecule has 1 aromatic carbocycles. The van der Waals surface area contributed by atoms with Crippen LogP contribution in [0.5, 0.6) is 5.75 Å². The molecule has 0 saturated heterocycles. The molecule has 2 rings (SSSR count). The fourth-order valence-corrected chi connectivity index (χ4v) is 2.50. The van der Waals surface area contributed by atoms with Crippen molar-refractivity contribution in [1.82, 2.24) is 10.0 Å². The van der Waals surface area contributed by atoms with Gasteiger partial charge < -0.3 is 9.30 Å². The number of aromatic nitrogens is 1. The first-order valence-corrected chi connectivity index (χ1v) is 8.57. The van der Waals surface area contributed by atoms with Gasteiger partial charge >= 0.3 is 6.18 Å². The lowest BCUT2D eigenvalue weighted by molar-refractivity contribution is -0.153. The van der Waals surface area contributed by atoms with Crippen LogP contribution in [0.2, 0.25) is 0 Å². The second kappa shape index (κ2) is 8.64. The predicted octanol–water partition coefficient (Wildman–Crippen LogP) is 3.52. The molecule has 0 spiro atoms. The number of hydrogen-bond acceptors (Lipinski definition) is 4. The molecular weight excluding hydrogens is 396 g/mol. The second-order valence-corrected chi connectivity index (χ2v) is 7.07. The summed E-state index contributed by atoms with van der Waals surface area (Å²) in [5.74, 6) is -1.38. The van der Waals surface area contributed by atoms with Crippen molar-refractivity contribution < 1.29 is 32.3 Å². The van der Waals surface area contributed by atoms with Gasteiger partial charge in [-0.1, -0.05) is 26.0 Å². The van der Waals surface area contributed by atoms with Crippen LogP contribution in [0.4, 0.5) is 17.6 Å². The van der Waals surface area contributed by atoms with E-state index in [1.165, 1.54) is 24.3 Å².